The van der Waals surface area contributed by atoms with Gasteiger partial charge in [-0.3, -0.25) is 4.79 Å². The van der Waals surface area contributed by atoms with Crippen LogP contribution in [0.2, 0.25) is 0 Å². The first kappa shape index (κ1) is 17.4. The molecule has 0 spiro atoms. The smallest absolute Gasteiger partial charge is 0.227 e. The van der Waals surface area contributed by atoms with E-state index in [1.165, 1.54) is 5.56 Å². The van der Waals surface area contributed by atoms with Gasteiger partial charge in [-0.2, -0.15) is 4.98 Å². The molecule has 0 bridgehead atoms. The normalized spacial score (nSPS) is 17.5. The van der Waals surface area contributed by atoms with Gasteiger partial charge in [0.2, 0.25) is 11.8 Å². The number of carbonyl (C=O) groups excluding carboxylic acids is 1. The number of amides is 1. The Bertz CT molecular complexity index is 715. The number of anilines is 1. The minimum atomic E-state index is 0.156. The fourth-order valence-electron chi connectivity index (χ4n) is 3.22. The molecule has 1 saturated heterocycles. The molecule has 1 aliphatic heterocycles. The number of piperidine rings is 1. The van der Waals surface area contributed by atoms with Gasteiger partial charge in [-0.15, -0.1) is 0 Å². The SMILES string of the molecule is CCc1noc(CCC(=O)N2CCC[C@@H](c3ccnc(NC)c3)C2)n1. The van der Waals surface area contributed by atoms with Crippen LogP contribution in [0.4, 0.5) is 5.82 Å². The number of carbonyl (C=O) groups is 1. The molecule has 1 atom stereocenters. The Balaban J connectivity index is 1.57. The van der Waals surface area contributed by atoms with Crippen LogP contribution in [0, 0.1) is 0 Å². The van der Waals surface area contributed by atoms with Crippen molar-refractivity contribution in [2.24, 2.45) is 0 Å². The van der Waals surface area contributed by atoms with E-state index < -0.39 is 0 Å². The van der Waals surface area contributed by atoms with Crippen molar-refractivity contribution in [3.05, 3.63) is 35.6 Å². The number of hydrogen-bond donors (Lipinski definition) is 1. The molecule has 0 saturated carbocycles. The summed E-state index contributed by atoms with van der Waals surface area (Å²) in [5.41, 5.74) is 1.24. The van der Waals surface area contributed by atoms with Crippen LogP contribution in [-0.4, -0.2) is 46.1 Å². The average Bonchev–Trinajstić information content (AvgIpc) is 3.14. The number of hydrogen-bond acceptors (Lipinski definition) is 6. The Morgan fingerprint density at radius 3 is 3.12 bits per heavy atom. The maximum Gasteiger partial charge on any atom is 0.227 e. The minimum absolute atomic E-state index is 0.156. The topological polar surface area (TPSA) is 84.2 Å². The third kappa shape index (κ3) is 4.35. The van der Waals surface area contributed by atoms with Crippen molar-refractivity contribution in [3.63, 3.8) is 0 Å². The van der Waals surface area contributed by atoms with E-state index in [2.05, 4.69) is 26.5 Å². The molecule has 7 heteroatoms. The summed E-state index contributed by atoms with van der Waals surface area (Å²) in [4.78, 5) is 23.1. The van der Waals surface area contributed by atoms with E-state index in [9.17, 15) is 4.79 Å². The molecule has 3 rings (SSSR count). The second kappa shape index (κ2) is 8.09. The van der Waals surface area contributed by atoms with Gasteiger partial charge in [-0.05, 0) is 30.5 Å². The molecule has 134 valence electrons. The van der Waals surface area contributed by atoms with Crippen molar-refractivity contribution in [1.82, 2.24) is 20.0 Å². The first-order valence-electron chi connectivity index (χ1n) is 8.92. The zero-order chi connectivity index (χ0) is 17.6. The highest BCUT2D eigenvalue weighted by atomic mass is 16.5. The van der Waals surface area contributed by atoms with E-state index in [0.29, 0.717) is 30.5 Å². The first-order chi connectivity index (χ1) is 12.2. The van der Waals surface area contributed by atoms with E-state index in [1.54, 1.807) is 0 Å². The summed E-state index contributed by atoms with van der Waals surface area (Å²) in [5.74, 6) is 2.63. The maximum atomic E-state index is 12.6. The molecular formula is C18H25N5O2. The van der Waals surface area contributed by atoms with Crippen molar-refractivity contribution in [2.45, 2.75) is 44.9 Å². The number of rotatable bonds is 6. The van der Waals surface area contributed by atoms with Gasteiger partial charge in [0.15, 0.2) is 5.82 Å². The van der Waals surface area contributed by atoms with E-state index in [-0.39, 0.29) is 5.91 Å². The van der Waals surface area contributed by atoms with Crippen molar-refractivity contribution >= 4 is 11.7 Å². The lowest BCUT2D eigenvalue weighted by Gasteiger charge is -2.33. The largest absolute Gasteiger partial charge is 0.373 e. The molecule has 3 heterocycles. The van der Waals surface area contributed by atoms with Gasteiger partial charge in [0, 0.05) is 51.5 Å². The highest BCUT2D eigenvalue weighted by molar-refractivity contribution is 5.76. The number of pyridine rings is 1. The Kier molecular flexibility index (Phi) is 5.63. The molecule has 2 aromatic rings. The summed E-state index contributed by atoms with van der Waals surface area (Å²) in [6.45, 7) is 3.56. The standard InChI is InChI=1S/C18H25N5O2/c1-3-15-21-17(25-22-15)6-7-18(24)23-10-4-5-14(12-23)13-8-9-20-16(11-13)19-2/h8-9,11,14H,3-7,10,12H2,1-2H3,(H,19,20)/t14-/m1/s1. The van der Waals surface area contributed by atoms with Crippen LogP contribution in [0.1, 0.15) is 49.4 Å². The molecule has 7 nitrogen and oxygen atoms in total. The minimum Gasteiger partial charge on any atom is -0.373 e. The molecule has 1 N–H and O–H groups in total. The monoisotopic (exact) mass is 343 g/mol. The fourth-order valence-corrected chi connectivity index (χ4v) is 3.22. The molecule has 0 aromatic carbocycles. The van der Waals surface area contributed by atoms with E-state index in [0.717, 1.165) is 38.2 Å². The molecular weight excluding hydrogens is 318 g/mol. The highest BCUT2D eigenvalue weighted by Gasteiger charge is 2.25. The third-order valence-corrected chi connectivity index (χ3v) is 4.66. The first-order valence-corrected chi connectivity index (χ1v) is 8.92. The average molecular weight is 343 g/mol. The summed E-state index contributed by atoms with van der Waals surface area (Å²) in [5, 5.41) is 6.94. The van der Waals surface area contributed by atoms with E-state index in [4.69, 9.17) is 4.52 Å². The molecule has 25 heavy (non-hydrogen) atoms. The van der Waals surface area contributed by atoms with Crippen LogP contribution in [0.5, 0.6) is 0 Å². The summed E-state index contributed by atoms with van der Waals surface area (Å²) >= 11 is 0. The van der Waals surface area contributed by atoms with Crippen LogP contribution >= 0.6 is 0 Å². The number of aromatic nitrogens is 3. The lowest BCUT2D eigenvalue weighted by molar-refractivity contribution is -0.132. The molecule has 2 aromatic heterocycles. The van der Waals surface area contributed by atoms with E-state index in [1.807, 2.05) is 31.1 Å². The summed E-state index contributed by atoms with van der Waals surface area (Å²) < 4.78 is 5.16. The van der Waals surface area contributed by atoms with Crippen LogP contribution < -0.4 is 5.32 Å². The van der Waals surface area contributed by atoms with Crippen LogP contribution in [0.3, 0.4) is 0 Å². The number of nitrogens with zero attached hydrogens (tertiary/aromatic N) is 4. The number of nitrogens with one attached hydrogen (secondary N) is 1. The van der Waals surface area contributed by atoms with Gasteiger partial charge in [-0.1, -0.05) is 12.1 Å². The molecule has 0 aliphatic carbocycles. The summed E-state index contributed by atoms with van der Waals surface area (Å²) in [6.07, 6.45) is 5.60. The predicted octanol–water partition coefficient (Wildman–Crippen LogP) is 2.41. The second-order valence-electron chi connectivity index (χ2n) is 6.36. The van der Waals surface area contributed by atoms with Crippen molar-refractivity contribution < 1.29 is 9.32 Å². The zero-order valence-electron chi connectivity index (χ0n) is 14.9. The van der Waals surface area contributed by atoms with Gasteiger partial charge in [0.25, 0.3) is 0 Å². The number of aryl methyl sites for hydroxylation is 2. The van der Waals surface area contributed by atoms with Crippen LogP contribution in [-0.2, 0) is 17.6 Å². The van der Waals surface area contributed by atoms with Gasteiger partial charge in [0.05, 0.1) is 0 Å². The highest BCUT2D eigenvalue weighted by Crippen LogP contribution is 2.28. The predicted molar refractivity (Wildman–Crippen MR) is 94.3 cm³/mol. The Morgan fingerprint density at radius 1 is 1.48 bits per heavy atom. The van der Waals surface area contributed by atoms with Crippen molar-refractivity contribution in [3.8, 4) is 0 Å². The fraction of sp³-hybridized carbons (Fsp3) is 0.556. The summed E-state index contributed by atoms with van der Waals surface area (Å²) in [7, 11) is 1.87. The Labute approximate surface area is 147 Å². The lowest BCUT2D eigenvalue weighted by Crippen LogP contribution is -2.39. The van der Waals surface area contributed by atoms with Gasteiger partial charge in [-0.25, -0.2) is 4.98 Å². The maximum absolute atomic E-state index is 12.6. The van der Waals surface area contributed by atoms with E-state index >= 15 is 0 Å². The zero-order valence-corrected chi connectivity index (χ0v) is 14.9. The van der Waals surface area contributed by atoms with Crippen LogP contribution in [0.15, 0.2) is 22.9 Å². The Hall–Kier alpha value is -2.44. The molecule has 1 amide bonds. The lowest BCUT2D eigenvalue weighted by atomic mass is 9.91. The van der Waals surface area contributed by atoms with Crippen molar-refractivity contribution in [1.29, 1.82) is 0 Å². The molecule has 1 fully saturated rings. The van der Waals surface area contributed by atoms with Crippen molar-refractivity contribution in [2.75, 3.05) is 25.5 Å². The molecule has 0 radical (unpaired) electrons. The molecule has 0 unspecified atom stereocenters. The summed E-state index contributed by atoms with van der Waals surface area (Å²) in [6, 6.07) is 4.12. The second-order valence-corrected chi connectivity index (χ2v) is 6.36. The van der Waals surface area contributed by atoms with Gasteiger partial charge < -0.3 is 14.7 Å². The van der Waals surface area contributed by atoms with Gasteiger partial charge in [0.1, 0.15) is 5.82 Å². The quantitative estimate of drug-likeness (QED) is 0.867. The van der Waals surface area contributed by atoms with Gasteiger partial charge >= 0.3 is 0 Å². The third-order valence-electron chi connectivity index (χ3n) is 4.66. The Morgan fingerprint density at radius 2 is 2.36 bits per heavy atom. The molecule has 1 aliphatic rings. The number of likely N-dealkylation sites (tertiary alicyclic amines) is 1. The van der Waals surface area contributed by atoms with Crippen LogP contribution in [0.25, 0.3) is 0 Å².